The third-order valence-electron chi connectivity index (χ3n) is 12.7. The van der Waals surface area contributed by atoms with Crippen LogP contribution in [0.25, 0.3) is 0 Å². The zero-order valence-electron chi connectivity index (χ0n) is 46.0. The highest BCUT2D eigenvalue weighted by molar-refractivity contribution is 5.71. The summed E-state index contributed by atoms with van der Waals surface area (Å²) >= 11 is 0. The molecule has 0 saturated carbocycles. The van der Waals surface area contributed by atoms with E-state index in [9.17, 15) is 14.4 Å². The fraction of sp³-hybridized carbons (Fsp3) is 0.734. The molecule has 0 amide bonds. The Morgan fingerprint density at radius 3 is 1.04 bits per heavy atom. The molecule has 0 aromatic carbocycles. The molecule has 402 valence electrons. The lowest BCUT2D eigenvalue weighted by molar-refractivity contribution is -0.167. The summed E-state index contributed by atoms with van der Waals surface area (Å²) in [4.78, 5) is 38.2. The summed E-state index contributed by atoms with van der Waals surface area (Å²) in [5.74, 6) is -0.903. The Labute approximate surface area is 433 Å². The van der Waals surface area contributed by atoms with Crippen molar-refractivity contribution < 1.29 is 28.6 Å². The van der Waals surface area contributed by atoms with Crippen molar-refractivity contribution in [2.75, 3.05) is 13.2 Å². The highest BCUT2D eigenvalue weighted by atomic mass is 16.6. The SMILES string of the molecule is CC\C=C/C=C\C=C/C=C\CCCCCCCC(=O)OCC(COC(=O)CCCCCCCCCCC/C=C\C/C=C\C/C=C\CC)OC(=O)CCCCCCCCCCCCCCCCCCCC. The maximum atomic E-state index is 12.9. The van der Waals surface area contributed by atoms with Crippen molar-refractivity contribution in [2.45, 2.75) is 290 Å². The van der Waals surface area contributed by atoms with Crippen LogP contribution in [0.3, 0.4) is 0 Å². The molecule has 6 nitrogen and oxygen atoms in total. The van der Waals surface area contributed by atoms with Gasteiger partial charge in [-0.25, -0.2) is 0 Å². The molecule has 70 heavy (non-hydrogen) atoms. The Morgan fingerprint density at radius 2 is 0.629 bits per heavy atom. The zero-order chi connectivity index (χ0) is 50.7. The summed E-state index contributed by atoms with van der Waals surface area (Å²) < 4.78 is 16.9. The Bertz CT molecular complexity index is 1350. The largest absolute Gasteiger partial charge is 0.462 e. The van der Waals surface area contributed by atoms with Crippen molar-refractivity contribution in [1.82, 2.24) is 0 Å². The van der Waals surface area contributed by atoms with Crippen LogP contribution in [0.1, 0.15) is 284 Å². The number of hydrogen-bond donors (Lipinski definition) is 0. The molecular formula is C64H110O6. The van der Waals surface area contributed by atoms with Crippen molar-refractivity contribution in [3.8, 4) is 0 Å². The Balaban J connectivity index is 4.39. The molecule has 0 heterocycles. The second-order valence-corrected chi connectivity index (χ2v) is 19.6. The van der Waals surface area contributed by atoms with E-state index in [2.05, 4.69) is 87.6 Å². The molecule has 0 aliphatic carbocycles. The molecule has 0 aromatic rings. The predicted octanol–water partition coefficient (Wildman–Crippen LogP) is 19.9. The van der Waals surface area contributed by atoms with E-state index in [-0.39, 0.29) is 31.1 Å². The number of carbonyl (C=O) groups excluding carboxylic acids is 3. The van der Waals surface area contributed by atoms with Gasteiger partial charge in [0, 0.05) is 19.3 Å². The molecule has 0 fully saturated rings. The van der Waals surface area contributed by atoms with E-state index in [1.807, 2.05) is 18.2 Å². The van der Waals surface area contributed by atoms with Crippen LogP contribution in [0.5, 0.6) is 0 Å². The molecule has 0 saturated heterocycles. The van der Waals surface area contributed by atoms with Gasteiger partial charge < -0.3 is 14.2 Å². The van der Waals surface area contributed by atoms with Crippen molar-refractivity contribution in [3.63, 3.8) is 0 Å². The predicted molar refractivity (Wildman–Crippen MR) is 302 cm³/mol. The van der Waals surface area contributed by atoms with Crippen LogP contribution in [0, 0.1) is 0 Å². The van der Waals surface area contributed by atoms with E-state index in [1.54, 1.807) is 0 Å². The molecule has 0 spiro atoms. The van der Waals surface area contributed by atoms with Gasteiger partial charge in [-0.3, -0.25) is 14.4 Å². The summed E-state index contributed by atoms with van der Waals surface area (Å²) in [7, 11) is 0. The first kappa shape index (κ1) is 66.6. The number of allylic oxidation sites excluding steroid dienone is 14. The van der Waals surface area contributed by atoms with E-state index >= 15 is 0 Å². The van der Waals surface area contributed by atoms with E-state index in [4.69, 9.17) is 14.2 Å². The molecule has 0 bridgehead atoms. The van der Waals surface area contributed by atoms with E-state index in [1.165, 1.54) is 141 Å². The summed E-state index contributed by atoms with van der Waals surface area (Å²) in [6.07, 6.45) is 75.7. The van der Waals surface area contributed by atoms with Gasteiger partial charge in [0.2, 0.25) is 0 Å². The minimum absolute atomic E-state index is 0.0853. The quantitative estimate of drug-likeness (QED) is 0.0199. The third-order valence-corrected chi connectivity index (χ3v) is 12.7. The molecule has 1 atom stereocenters. The van der Waals surface area contributed by atoms with Gasteiger partial charge in [0.1, 0.15) is 13.2 Å². The van der Waals surface area contributed by atoms with Gasteiger partial charge in [-0.2, -0.15) is 0 Å². The van der Waals surface area contributed by atoms with Gasteiger partial charge in [0.05, 0.1) is 0 Å². The van der Waals surface area contributed by atoms with Crippen LogP contribution < -0.4 is 0 Å². The topological polar surface area (TPSA) is 78.9 Å². The average molecular weight is 976 g/mol. The lowest BCUT2D eigenvalue weighted by atomic mass is 10.0. The van der Waals surface area contributed by atoms with Crippen LogP contribution in [0.15, 0.2) is 85.1 Å². The van der Waals surface area contributed by atoms with Gasteiger partial charge in [0.15, 0.2) is 6.10 Å². The van der Waals surface area contributed by atoms with Crippen LogP contribution in [0.2, 0.25) is 0 Å². The summed E-state index contributed by atoms with van der Waals surface area (Å²) in [6, 6.07) is 0. The molecule has 0 rings (SSSR count). The zero-order valence-corrected chi connectivity index (χ0v) is 46.0. The molecule has 0 N–H and O–H groups in total. The van der Waals surface area contributed by atoms with Gasteiger partial charge in [0.25, 0.3) is 0 Å². The second kappa shape index (κ2) is 58.2. The summed E-state index contributed by atoms with van der Waals surface area (Å²) in [5, 5.41) is 0. The van der Waals surface area contributed by atoms with Crippen LogP contribution >= 0.6 is 0 Å². The number of esters is 3. The molecule has 0 aliphatic heterocycles. The minimum atomic E-state index is -0.788. The van der Waals surface area contributed by atoms with Crippen molar-refractivity contribution in [3.05, 3.63) is 85.1 Å². The highest BCUT2D eigenvalue weighted by Crippen LogP contribution is 2.17. The number of unbranched alkanes of at least 4 members (excludes halogenated alkanes) is 31. The number of carbonyl (C=O) groups is 3. The Kier molecular flexibility index (Phi) is 55.3. The first-order chi connectivity index (χ1) is 34.5. The molecular weight excluding hydrogens is 865 g/mol. The maximum absolute atomic E-state index is 12.9. The lowest BCUT2D eigenvalue weighted by Gasteiger charge is -2.18. The van der Waals surface area contributed by atoms with Crippen LogP contribution in [0.4, 0.5) is 0 Å². The fourth-order valence-corrected chi connectivity index (χ4v) is 8.35. The monoisotopic (exact) mass is 975 g/mol. The van der Waals surface area contributed by atoms with Crippen LogP contribution in [-0.2, 0) is 28.6 Å². The number of hydrogen-bond acceptors (Lipinski definition) is 6. The molecule has 6 heteroatoms. The Hall–Kier alpha value is -3.41. The molecule has 0 radical (unpaired) electrons. The van der Waals surface area contributed by atoms with Crippen LogP contribution in [-0.4, -0.2) is 37.2 Å². The number of rotatable bonds is 53. The second-order valence-electron chi connectivity index (χ2n) is 19.6. The van der Waals surface area contributed by atoms with Crippen molar-refractivity contribution in [1.29, 1.82) is 0 Å². The first-order valence-electron chi connectivity index (χ1n) is 29.6. The standard InChI is InChI=1S/C64H110O6/c1-4-7-10-13-16-19-22-25-28-30-32-34-36-39-42-45-48-51-54-57-63(66)69-60-61(59-68-62(65)56-53-50-47-44-41-38-35-27-24-21-18-15-12-9-6-3)70-64(67)58-55-52-49-46-43-40-37-33-31-29-26-23-20-17-14-11-8-5-2/h7,9-10,12,15-16,18-19,21,24-25,27-28,35,61H,4-6,8,11,13-14,17,20,22-23,26,29-34,36-60H2,1-3H3/b10-7-,12-9-,18-15-,19-16-,24-21-,28-25-,35-27-. The summed E-state index contributed by atoms with van der Waals surface area (Å²) in [6.45, 7) is 6.40. The van der Waals surface area contributed by atoms with E-state index in [0.29, 0.717) is 19.3 Å². The smallest absolute Gasteiger partial charge is 0.306 e. The average Bonchev–Trinajstić information content (AvgIpc) is 3.36. The number of ether oxygens (including phenoxy) is 3. The normalized spacial score (nSPS) is 12.7. The maximum Gasteiger partial charge on any atom is 0.306 e. The Morgan fingerprint density at radius 1 is 0.314 bits per heavy atom. The van der Waals surface area contributed by atoms with Crippen molar-refractivity contribution >= 4 is 17.9 Å². The van der Waals surface area contributed by atoms with E-state index < -0.39 is 6.10 Å². The minimum Gasteiger partial charge on any atom is -0.462 e. The first-order valence-corrected chi connectivity index (χ1v) is 29.6. The molecule has 1 unspecified atom stereocenters. The van der Waals surface area contributed by atoms with Gasteiger partial charge in [-0.05, 0) is 70.6 Å². The van der Waals surface area contributed by atoms with Gasteiger partial charge >= 0.3 is 17.9 Å². The molecule has 0 aromatic heterocycles. The van der Waals surface area contributed by atoms with Crippen molar-refractivity contribution in [2.24, 2.45) is 0 Å². The fourth-order valence-electron chi connectivity index (χ4n) is 8.35. The van der Waals surface area contributed by atoms with E-state index in [0.717, 1.165) is 103 Å². The van der Waals surface area contributed by atoms with Gasteiger partial charge in [-0.15, -0.1) is 0 Å². The lowest BCUT2D eigenvalue weighted by Crippen LogP contribution is -2.30. The summed E-state index contributed by atoms with van der Waals surface area (Å²) in [5.41, 5.74) is 0. The van der Waals surface area contributed by atoms with Gasteiger partial charge in [-0.1, -0.05) is 279 Å². The third kappa shape index (κ3) is 55.5. The molecule has 0 aliphatic rings. The highest BCUT2D eigenvalue weighted by Gasteiger charge is 2.19.